The highest BCUT2D eigenvalue weighted by Crippen LogP contribution is 2.27. The third-order valence-electron chi connectivity index (χ3n) is 5.07. The molecule has 25 heavy (non-hydrogen) atoms. The van der Waals surface area contributed by atoms with E-state index < -0.39 is 10.2 Å². The number of carbonyl (C=O) groups is 1. The lowest BCUT2D eigenvalue weighted by Crippen LogP contribution is -2.53. The van der Waals surface area contributed by atoms with E-state index >= 15 is 0 Å². The Morgan fingerprint density at radius 1 is 1.16 bits per heavy atom. The standard InChI is InChI=1S/C17H33N3O4S/c1-14-10-15(2)12-20(11-14)25(22,23)19-8-4-6-16(13-19)17(21)18-7-5-9-24-3/h14-16H,4-13H2,1-3H3,(H,18,21)/t14-,15-,16-/m0/s1. The van der Waals surface area contributed by atoms with Crippen LogP contribution < -0.4 is 5.32 Å². The number of piperidine rings is 2. The molecule has 0 aromatic heterocycles. The Balaban J connectivity index is 1.93. The quantitative estimate of drug-likeness (QED) is 0.675. The van der Waals surface area contributed by atoms with Crippen LogP contribution in [0.5, 0.6) is 0 Å². The van der Waals surface area contributed by atoms with Crippen molar-refractivity contribution in [3.8, 4) is 0 Å². The first-order valence-electron chi connectivity index (χ1n) is 9.36. The highest BCUT2D eigenvalue weighted by Gasteiger charge is 2.38. The molecule has 2 rings (SSSR count). The number of hydrogen-bond acceptors (Lipinski definition) is 4. The van der Waals surface area contributed by atoms with Gasteiger partial charge >= 0.3 is 0 Å². The summed E-state index contributed by atoms with van der Waals surface area (Å²) in [5.41, 5.74) is 0. The first kappa shape index (κ1) is 20.6. The van der Waals surface area contributed by atoms with Crippen molar-refractivity contribution < 1.29 is 17.9 Å². The minimum atomic E-state index is -3.48. The Morgan fingerprint density at radius 3 is 2.48 bits per heavy atom. The van der Waals surface area contributed by atoms with Crippen LogP contribution in [0.2, 0.25) is 0 Å². The third-order valence-corrected chi connectivity index (χ3v) is 7.00. The molecule has 0 spiro atoms. The fourth-order valence-corrected chi connectivity index (χ4v) is 5.84. The number of nitrogens with one attached hydrogen (secondary N) is 1. The summed E-state index contributed by atoms with van der Waals surface area (Å²) in [5.74, 6) is 0.452. The van der Waals surface area contributed by atoms with Gasteiger partial charge in [0, 0.05) is 46.4 Å². The Bertz CT molecular complexity index is 530. The second kappa shape index (κ2) is 9.30. The van der Waals surface area contributed by atoms with Crippen molar-refractivity contribution in [3.05, 3.63) is 0 Å². The number of nitrogens with zero attached hydrogens (tertiary/aromatic N) is 2. The van der Waals surface area contributed by atoms with Crippen molar-refractivity contribution in [2.45, 2.75) is 39.5 Å². The molecule has 0 aromatic carbocycles. The SMILES string of the molecule is COCCCNC(=O)[C@H]1CCCN(S(=O)(=O)N2C[C@@H](C)C[C@H](C)C2)C1. The lowest BCUT2D eigenvalue weighted by atomic mass is 9.94. The number of hydrogen-bond donors (Lipinski definition) is 1. The van der Waals surface area contributed by atoms with E-state index in [9.17, 15) is 13.2 Å². The van der Waals surface area contributed by atoms with Gasteiger partial charge in [-0.15, -0.1) is 0 Å². The van der Waals surface area contributed by atoms with Crippen LogP contribution in [0.15, 0.2) is 0 Å². The van der Waals surface area contributed by atoms with Crippen molar-refractivity contribution in [3.63, 3.8) is 0 Å². The fourth-order valence-electron chi connectivity index (χ4n) is 3.90. The van der Waals surface area contributed by atoms with Crippen molar-refractivity contribution in [2.24, 2.45) is 17.8 Å². The molecule has 146 valence electrons. The third kappa shape index (κ3) is 5.64. The molecule has 2 aliphatic rings. The molecule has 0 radical (unpaired) electrons. The van der Waals surface area contributed by atoms with E-state index in [1.807, 2.05) is 0 Å². The zero-order valence-corrected chi connectivity index (χ0v) is 16.6. The average molecular weight is 376 g/mol. The minimum Gasteiger partial charge on any atom is -0.385 e. The summed E-state index contributed by atoms with van der Waals surface area (Å²) < 4.78 is 34.1. The summed E-state index contributed by atoms with van der Waals surface area (Å²) in [6.45, 7) is 7.34. The maximum Gasteiger partial charge on any atom is 0.282 e. The Morgan fingerprint density at radius 2 is 1.84 bits per heavy atom. The molecule has 1 amide bonds. The zero-order valence-electron chi connectivity index (χ0n) is 15.7. The molecule has 2 fully saturated rings. The van der Waals surface area contributed by atoms with Gasteiger partial charge in [0.2, 0.25) is 5.91 Å². The van der Waals surface area contributed by atoms with E-state index in [1.54, 1.807) is 11.4 Å². The van der Waals surface area contributed by atoms with Gasteiger partial charge in [-0.3, -0.25) is 4.79 Å². The zero-order chi connectivity index (χ0) is 18.4. The number of amides is 1. The summed E-state index contributed by atoms with van der Waals surface area (Å²) in [7, 11) is -1.85. The Labute approximate surface area is 152 Å². The monoisotopic (exact) mass is 375 g/mol. The molecular formula is C17H33N3O4S. The van der Waals surface area contributed by atoms with Crippen LogP contribution in [0.3, 0.4) is 0 Å². The minimum absolute atomic E-state index is 0.0450. The molecule has 1 N–H and O–H groups in total. The molecule has 2 saturated heterocycles. The van der Waals surface area contributed by atoms with E-state index in [0.29, 0.717) is 44.6 Å². The average Bonchev–Trinajstić information content (AvgIpc) is 2.58. The lowest BCUT2D eigenvalue weighted by molar-refractivity contribution is -0.126. The lowest BCUT2D eigenvalue weighted by Gasteiger charge is -2.39. The maximum atomic E-state index is 13.0. The van der Waals surface area contributed by atoms with Crippen molar-refractivity contribution in [1.82, 2.24) is 13.9 Å². The molecule has 0 aromatic rings. The van der Waals surface area contributed by atoms with Crippen LogP contribution in [-0.2, 0) is 19.7 Å². The van der Waals surface area contributed by atoms with Crippen molar-refractivity contribution in [1.29, 1.82) is 0 Å². The fraction of sp³-hybridized carbons (Fsp3) is 0.941. The van der Waals surface area contributed by atoms with Crippen molar-refractivity contribution in [2.75, 3.05) is 46.4 Å². The molecule has 2 heterocycles. The first-order chi connectivity index (χ1) is 11.8. The van der Waals surface area contributed by atoms with Gasteiger partial charge in [0.1, 0.15) is 0 Å². The van der Waals surface area contributed by atoms with Crippen LogP contribution in [0.1, 0.15) is 39.5 Å². The molecule has 2 aliphatic heterocycles. The number of methoxy groups -OCH3 is 1. The van der Waals surface area contributed by atoms with Gasteiger partial charge < -0.3 is 10.1 Å². The Hall–Kier alpha value is -0.700. The number of ether oxygens (including phenoxy) is 1. The summed E-state index contributed by atoms with van der Waals surface area (Å²) >= 11 is 0. The van der Waals surface area contributed by atoms with Gasteiger partial charge in [0.25, 0.3) is 10.2 Å². The molecule has 0 unspecified atom stereocenters. The molecular weight excluding hydrogens is 342 g/mol. The largest absolute Gasteiger partial charge is 0.385 e. The van der Waals surface area contributed by atoms with Gasteiger partial charge in [-0.2, -0.15) is 17.0 Å². The van der Waals surface area contributed by atoms with Gasteiger partial charge in [-0.25, -0.2) is 0 Å². The molecule has 3 atom stereocenters. The summed E-state index contributed by atoms with van der Waals surface area (Å²) in [6.07, 6.45) is 3.31. The van der Waals surface area contributed by atoms with Crippen LogP contribution in [0.4, 0.5) is 0 Å². The molecule has 0 aliphatic carbocycles. The van der Waals surface area contributed by atoms with Crippen LogP contribution in [0, 0.1) is 17.8 Å². The molecule has 8 heteroatoms. The predicted octanol–water partition coefficient (Wildman–Crippen LogP) is 1.07. The summed E-state index contributed by atoms with van der Waals surface area (Å²) in [4.78, 5) is 12.3. The normalized spacial score (nSPS) is 29.5. The first-order valence-corrected chi connectivity index (χ1v) is 10.8. The van der Waals surface area contributed by atoms with E-state index in [2.05, 4.69) is 19.2 Å². The van der Waals surface area contributed by atoms with Crippen LogP contribution in [-0.4, -0.2) is 69.4 Å². The summed E-state index contributed by atoms with van der Waals surface area (Å²) in [5, 5.41) is 2.90. The Kier molecular flexibility index (Phi) is 7.67. The van der Waals surface area contributed by atoms with E-state index in [1.165, 1.54) is 4.31 Å². The summed E-state index contributed by atoms with van der Waals surface area (Å²) in [6, 6.07) is 0. The van der Waals surface area contributed by atoms with Crippen LogP contribution in [0.25, 0.3) is 0 Å². The van der Waals surface area contributed by atoms with E-state index in [0.717, 1.165) is 25.7 Å². The van der Waals surface area contributed by atoms with E-state index in [-0.39, 0.29) is 18.4 Å². The topological polar surface area (TPSA) is 79.0 Å². The molecule has 0 saturated carbocycles. The van der Waals surface area contributed by atoms with Gasteiger partial charge in [0.05, 0.1) is 5.92 Å². The van der Waals surface area contributed by atoms with Crippen molar-refractivity contribution >= 4 is 16.1 Å². The van der Waals surface area contributed by atoms with Gasteiger partial charge in [0.15, 0.2) is 0 Å². The number of carbonyl (C=O) groups excluding carboxylic acids is 1. The van der Waals surface area contributed by atoms with Crippen LogP contribution >= 0.6 is 0 Å². The molecule has 0 bridgehead atoms. The second-order valence-electron chi connectivity index (χ2n) is 7.61. The molecule has 7 nitrogen and oxygen atoms in total. The van der Waals surface area contributed by atoms with Gasteiger partial charge in [-0.05, 0) is 37.5 Å². The highest BCUT2D eigenvalue weighted by molar-refractivity contribution is 7.86. The predicted molar refractivity (Wildman–Crippen MR) is 97.2 cm³/mol. The smallest absolute Gasteiger partial charge is 0.282 e. The second-order valence-corrected chi connectivity index (χ2v) is 9.53. The highest BCUT2D eigenvalue weighted by atomic mass is 32.2. The maximum absolute atomic E-state index is 13.0. The van der Waals surface area contributed by atoms with E-state index in [4.69, 9.17) is 4.74 Å². The van der Waals surface area contributed by atoms with Gasteiger partial charge in [-0.1, -0.05) is 13.8 Å². The number of rotatable bonds is 7.